The van der Waals surface area contributed by atoms with E-state index in [0.29, 0.717) is 0 Å². The Labute approximate surface area is 114 Å². The van der Waals surface area contributed by atoms with Crippen molar-refractivity contribution in [3.63, 3.8) is 0 Å². The largest absolute Gasteiger partial charge is 0.479 e. The van der Waals surface area contributed by atoms with Gasteiger partial charge in [-0.1, -0.05) is 6.07 Å². The maximum atomic E-state index is 14.0. The van der Waals surface area contributed by atoms with Crippen molar-refractivity contribution < 1.29 is 19.1 Å². The Morgan fingerprint density at radius 1 is 1.53 bits per heavy atom. The normalized spacial score (nSPS) is 23.6. The van der Waals surface area contributed by atoms with E-state index < -0.39 is 17.1 Å². The Bertz CT molecular complexity index is 500. The molecule has 1 aromatic rings. The van der Waals surface area contributed by atoms with Gasteiger partial charge in [0.15, 0.2) is 0 Å². The average molecular weight is 285 g/mol. The van der Waals surface area contributed by atoms with Crippen LogP contribution in [0.1, 0.15) is 25.1 Å². The lowest BCUT2D eigenvalue weighted by molar-refractivity contribution is -0.150. The van der Waals surface area contributed by atoms with Crippen LogP contribution in [0.25, 0.3) is 0 Å². The van der Waals surface area contributed by atoms with Crippen LogP contribution in [0.3, 0.4) is 0 Å². The van der Waals surface area contributed by atoms with E-state index in [-0.39, 0.29) is 25.4 Å². The predicted molar refractivity (Wildman–Crippen MR) is 70.0 cm³/mol. The zero-order valence-electron chi connectivity index (χ0n) is 10.9. The molecule has 0 saturated carbocycles. The summed E-state index contributed by atoms with van der Waals surface area (Å²) in [6.45, 7) is 3.34. The van der Waals surface area contributed by atoms with Crippen LogP contribution in [0, 0.1) is 0 Å². The summed E-state index contributed by atoms with van der Waals surface area (Å²) < 4.78 is 14.0. The van der Waals surface area contributed by atoms with Gasteiger partial charge >= 0.3 is 5.97 Å². The number of thiophene rings is 1. The number of likely N-dealkylation sites (tertiary alicyclic amines) is 1. The molecule has 19 heavy (non-hydrogen) atoms. The minimum atomic E-state index is -2.30. The number of amides is 1. The van der Waals surface area contributed by atoms with E-state index in [1.807, 2.05) is 17.5 Å². The number of aliphatic carboxylic acids is 1. The Morgan fingerprint density at radius 3 is 2.68 bits per heavy atom. The van der Waals surface area contributed by atoms with Crippen LogP contribution in [-0.4, -0.2) is 40.6 Å². The summed E-state index contributed by atoms with van der Waals surface area (Å²) in [5.41, 5.74) is -3.06. The summed E-state index contributed by atoms with van der Waals surface area (Å²) in [6.07, 6.45) is -0.144. The van der Waals surface area contributed by atoms with Gasteiger partial charge in [0, 0.05) is 17.8 Å². The second-order valence-corrected chi connectivity index (χ2v) is 6.30. The summed E-state index contributed by atoms with van der Waals surface area (Å²) in [4.78, 5) is 25.5. The third-order valence-electron chi connectivity index (χ3n) is 3.56. The first kappa shape index (κ1) is 14.0. The molecule has 104 valence electrons. The lowest BCUT2D eigenvalue weighted by atomic mass is 9.89. The van der Waals surface area contributed by atoms with Crippen molar-refractivity contribution in [1.29, 1.82) is 0 Å². The second-order valence-electron chi connectivity index (χ2n) is 5.35. The van der Waals surface area contributed by atoms with Gasteiger partial charge in [-0.15, -0.1) is 11.3 Å². The monoisotopic (exact) mass is 285 g/mol. The minimum Gasteiger partial charge on any atom is -0.479 e. The summed E-state index contributed by atoms with van der Waals surface area (Å²) in [6, 6.07) is 3.72. The number of rotatable bonds is 3. The van der Waals surface area contributed by atoms with Gasteiger partial charge in [0.25, 0.3) is 0 Å². The molecule has 0 bridgehead atoms. The number of hydrogen-bond donors (Lipinski definition) is 1. The molecule has 0 aliphatic carbocycles. The number of carbonyl (C=O) groups excluding carboxylic acids is 1. The van der Waals surface area contributed by atoms with Crippen LogP contribution < -0.4 is 0 Å². The maximum Gasteiger partial charge on any atom is 0.343 e. The number of carbonyl (C=O) groups is 2. The summed E-state index contributed by atoms with van der Waals surface area (Å²) >= 11 is 1.47. The molecule has 0 spiro atoms. The fourth-order valence-electron chi connectivity index (χ4n) is 2.26. The lowest BCUT2D eigenvalue weighted by Gasteiger charge is -2.28. The van der Waals surface area contributed by atoms with Crippen molar-refractivity contribution in [2.24, 2.45) is 0 Å². The lowest BCUT2D eigenvalue weighted by Crippen LogP contribution is -2.45. The number of halogens is 1. The van der Waals surface area contributed by atoms with Gasteiger partial charge in [-0.05, 0) is 25.3 Å². The number of hydrogen-bond acceptors (Lipinski definition) is 3. The maximum absolute atomic E-state index is 14.0. The van der Waals surface area contributed by atoms with Crippen molar-refractivity contribution >= 4 is 23.2 Å². The molecular weight excluding hydrogens is 269 g/mol. The first-order valence-corrected chi connectivity index (χ1v) is 6.91. The molecule has 0 radical (unpaired) electrons. The van der Waals surface area contributed by atoms with E-state index in [2.05, 4.69) is 0 Å². The van der Waals surface area contributed by atoms with Crippen LogP contribution in [-0.2, 0) is 15.0 Å². The number of carboxylic acids is 1. The van der Waals surface area contributed by atoms with Gasteiger partial charge in [-0.2, -0.15) is 0 Å². The molecule has 1 aliphatic heterocycles. The van der Waals surface area contributed by atoms with Gasteiger partial charge in [-0.25, -0.2) is 9.18 Å². The Hall–Kier alpha value is -1.43. The Morgan fingerprint density at radius 2 is 2.21 bits per heavy atom. The van der Waals surface area contributed by atoms with Crippen LogP contribution in [0.5, 0.6) is 0 Å². The molecule has 6 heteroatoms. The Balaban J connectivity index is 2.16. The third-order valence-corrected chi connectivity index (χ3v) is 4.76. The molecule has 1 unspecified atom stereocenters. The highest BCUT2D eigenvalue weighted by Gasteiger charge is 2.49. The molecule has 2 rings (SSSR count). The molecule has 1 aliphatic rings. The van der Waals surface area contributed by atoms with E-state index in [4.69, 9.17) is 5.11 Å². The molecule has 2 heterocycles. The van der Waals surface area contributed by atoms with E-state index in [9.17, 15) is 14.0 Å². The highest BCUT2D eigenvalue weighted by molar-refractivity contribution is 7.10. The average Bonchev–Trinajstić information content (AvgIpc) is 2.97. The molecule has 1 atom stereocenters. The van der Waals surface area contributed by atoms with Gasteiger partial charge in [0.05, 0.1) is 12.0 Å². The predicted octanol–water partition coefficient (Wildman–Crippen LogP) is 2.05. The molecule has 1 saturated heterocycles. The van der Waals surface area contributed by atoms with E-state index in [1.165, 1.54) is 16.2 Å². The summed E-state index contributed by atoms with van der Waals surface area (Å²) in [7, 11) is 0. The van der Waals surface area contributed by atoms with E-state index in [0.717, 1.165) is 4.88 Å². The first-order chi connectivity index (χ1) is 8.77. The van der Waals surface area contributed by atoms with Crippen LogP contribution >= 0.6 is 11.3 Å². The third kappa shape index (κ3) is 2.36. The first-order valence-electron chi connectivity index (χ1n) is 6.03. The molecular formula is C13H16FNO3S. The summed E-state index contributed by atoms with van der Waals surface area (Å²) in [5, 5.41) is 10.7. The SMILES string of the molecule is CC(C)(C(=O)N1CCC(F)(C(=O)O)C1)c1cccs1. The number of nitrogens with zero attached hydrogens (tertiary/aromatic N) is 1. The zero-order valence-corrected chi connectivity index (χ0v) is 11.7. The Kier molecular flexibility index (Phi) is 3.38. The fourth-order valence-corrected chi connectivity index (χ4v) is 3.10. The number of alkyl halides is 1. The number of carboxylic acid groups (broad SMARTS) is 1. The highest BCUT2D eigenvalue weighted by Crippen LogP contribution is 2.33. The highest BCUT2D eigenvalue weighted by atomic mass is 32.1. The van der Waals surface area contributed by atoms with Crippen molar-refractivity contribution in [2.75, 3.05) is 13.1 Å². The van der Waals surface area contributed by atoms with Crippen LogP contribution in [0.4, 0.5) is 4.39 Å². The van der Waals surface area contributed by atoms with Crippen molar-refractivity contribution in [3.8, 4) is 0 Å². The summed E-state index contributed by atoms with van der Waals surface area (Å²) in [5.74, 6) is -1.72. The van der Waals surface area contributed by atoms with Crippen molar-refractivity contribution in [3.05, 3.63) is 22.4 Å². The second kappa shape index (κ2) is 4.59. The zero-order chi connectivity index (χ0) is 14.3. The molecule has 1 amide bonds. The smallest absolute Gasteiger partial charge is 0.343 e. The fraction of sp³-hybridized carbons (Fsp3) is 0.538. The molecule has 1 N–H and O–H groups in total. The van der Waals surface area contributed by atoms with Gasteiger partial charge < -0.3 is 10.0 Å². The molecule has 1 aromatic heterocycles. The van der Waals surface area contributed by atoms with Crippen LogP contribution in [0.2, 0.25) is 0 Å². The van der Waals surface area contributed by atoms with E-state index in [1.54, 1.807) is 13.8 Å². The van der Waals surface area contributed by atoms with Gasteiger partial charge in [-0.3, -0.25) is 4.79 Å². The van der Waals surface area contributed by atoms with E-state index >= 15 is 0 Å². The molecule has 0 aromatic carbocycles. The van der Waals surface area contributed by atoms with Crippen molar-refractivity contribution in [2.45, 2.75) is 31.4 Å². The van der Waals surface area contributed by atoms with Crippen molar-refractivity contribution in [1.82, 2.24) is 4.90 Å². The van der Waals surface area contributed by atoms with Gasteiger partial charge in [0.1, 0.15) is 0 Å². The van der Waals surface area contributed by atoms with Crippen LogP contribution in [0.15, 0.2) is 17.5 Å². The standard InChI is InChI=1S/C13H16FNO3S/c1-12(2,9-4-3-7-19-9)10(16)15-6-5-13(14,8-15)11(17)18/h3-4,7H,5-6,8H2,1-2H3,(H,17,18). The minimum absolute atomic E-state index is 0.144. The van der Waals surface area contributed by atoms with Gasteiger partial charge in [0.2, 0.25) is 11.6 Å². The quantitative estimate of drug-likeness (QED) is 0.924. The molecule has 1 fully saturated rings. The topological polar surface area (TPSA) is 57.6 Å². The molecule has 4 nitrogen and oxygen atoms in total.